The summed E-state index contributed by atoms with van der Waals surface area (Å²) in [5.74, 6) is -2.84. The zero-order valence-electron chi connectivity index (χ0n) is 33.4. The van der Waals surface area contributed by atoms with E-state index in [-0.39, 0.29) is 18.0 Å². The third-order valence-corrected chi connectivity index (χ3v) is 11.7. The smallest absolute Gasteiger partial charge is 0.353 e. The van der Waals surface area contributed by atoms with E-state index in [2.05, 4.69) is 13.8 Å². The molecule has 0 aromatic carbocycles. The van der Waals surface area contributed by atoms with Crippen LogP contribution in [0.1, 0.15) is 213 Å². The minimum atomic E-state index is -1.68. The summed E-state index contributed by atoms with van der Waals surface area (Å²) in [6.07, 6.45) is 33.6. The number of ketones is 2. The first-order valence-electron chi connectivity index (χ1n) is 21.8. The van der Waals surface area contributed by atoms with Crippen LogP contribution in [0.5, 0.6) is 0 Å². The molecule has 2 fully saturated rings. The summed E-state index contributed by atoms with van der Waals surface area (Å²) in [4.78, 5) is 61.5. The number of hydroxylamine groups is 2. The molecule has 0 saturated carbocycles. The number of rotatable bonds is 33. The van der Waals surface area contributed by atoms with Crippen LogP contribution < -0.4 is 0 Å². The topological polar surface area (TPSA) is 104 Å². The van der Waals surface area contributed by atoms with E-state index in [4.69, 9.17) is 4.84 Å². The van der Waals surface area contributed by atoms with Crippen molar-refractivity contribution in [2.24, 2.45) is 5.92 Å². The molecule has 1 N–H and O–H groups in total. The van der Waals surface area contributed by atoms with Gasteiger partial charge in [-0.2, -0.15) is 0 Å². The second-order valence-electron chi connectivity index (χ2n) is 15.9. The Bertz CT molecular complexity index is 972. The molecule has 296 valence electrons. The number of hydrogen-bond acceptors (Lipinski definition) is 7. The van der Waals surface area contributed by atoms with E-state index >= 15 is 0 Å². The molecule has 2 aliphatic heterocycles. The molecule has 0 aromatic heterocycles. The van der Waals surface area contributed by atoms with Crippen molar-refractivity contribution in [3.05, 3.63) is 0 Å². The molecule has 3 unspecified atom stereocenters. The SMILES string of the molecule is CCCCCCCCCCCCCCCC(=O)C1CCN(C)C1(C(=O)CCCCCCCCCCCCCCC)C(=O)ON1CCCC1C(=O)O. The standard InChI is InChI=1S/C43H78N2O6/c1-4-6-8-10-12-14-16-18-20-22-24-26-28-32-39(46)37-34-36-44(3)43(37,42(50)51-45-35-30-31-38(45)41(48)49)40(47)33-29-27-25-23-21-19-17-15-13-11-9-7-5-2/h37-38H,4-36H2,1-3H3,(H,48,49). The van der Waals surface area contributed by atoms with Gasteiger partial charge in [-0.3, -0.25) is 19.3 Å². The van der Waals surface area contributed by atoms with Gasteiger partial charge in [-0.05, 0) is 39.2 Å². The summed E-state index contributed by atoms with van der Waals surface area (Å²) in [5, 5.41) is 10.9. The van der Waals surface area contributed by atoms with E-state index in [1.807, 2.05) is 0 Å². The largest absolute Gasteiger partial charge is 0.480 e. The Morgan fingerprint density at radius 1 is 0.588 bits per heavy atom. The van der Waals surface area contributed by atoms with Crippen molar-refractivity contribution in [2.45, 2.75) is 224 Å². The molecule has 0 amide bonds. The predicted octanol–water partition coefficient (Wildman–Crippen LogP) is 10.8. The average molecular weight is 719 g/mol. The van der Waals surface area contributed by atoms with Crippen LogP contribution in [0.2, 0.25) is 0 Å². The molecule has 0 aliphatic carbocycles. The molecule has 8 heteroatoms. The first kappa shape index (κ1) is 45.4. The van der Waals surface area contributed by atoms with Crippen LogP contribution in [0.3, 0.4) is 0 Å². The number of likely N-dealkylation sites (tertiary alicyclic amines) is 1. The second-order valence-corrected chi connectivity index (χ2v) is 15.9. The Labute approximate surface area is 312 Å². The summed E-state index contributed by atoms with van der Waals surface area (Å²) < 4.78 is 0. The molecular formula is C43H78N2O6. The summed E-state index contributed by atoms with van der Waals surface area (Å²) in [6.45, 7) is 5.27. The van der Waals surface area contributed by atoms with Gasteiger partial charge in [0.25, 0.3) is 0 Å². The van der Waals surface area contributed by atoms with Gasteiger partial charge < -0.3 is 9.94 Å². The summed E-state index contributed by atoms with van der Waals surface area (Å²) in [5.41, 5.74) is -1.68. The predicted molar refractivity (Wildman–Crippen MR) is 208 cm³/mol. The Kier molecular flexibility index (Phi) is 24.7. The normalized spacial score (nSPS) is 21.0. The monoisotopic (exact) mass is 719 g/mol. The second kappa shape index (κ2) is 27.8. The molecule has 3 atom stereocenters. The molecule has 51 heavy (non-hydrogen) atoms. The van der Waals surface area contributed by atoms with Gasteiger partial charge in [0.05, 0.1) is 5.92 Å². The molecule has 0 aromatic rings. The molecule has 2 aliphatic rings. The lowest BCUT2D eigenvalue weighted by atomic mass is 9.76. The number of carbonyl (C=O) groups is 4. The summed E-state index contributed by atoms with van der Waals surface area (Å²) >= 11 is 0. The van der Waals surface area contributed by atoms with Crippen LogP contribution in [0.15, 0.2) is 0 Å². The lowest BCUT2D eigenvalue weighted by Gasteiger charge is -2.37. The first-order valence-corrected chi connectivity index (χ1v) is 21.8. The fourth-order valence-electron chi connectivity index (χ4n) is 8.44. The van der Waals surface area contributed by atoms with E-state index in [0.717, 1.165) is 38.5 Å². The fraction of sp³-hybridized carbons (Fsp3) is 0.907. The average Bonchev–Trinajstić information content (AvgIpc) is 3.73. The molecular weight excluding hydrogens is 640 g/mol. The highest BCUT2D eigenvalue weighted by Crippen LogP contribution is 2.40. The van der Waals surface area contributed by atoms with Crippen molar-refractivity contribution in [2.75, 3.05) is 20.1 Å². The number of Topliss-reactive ketones (excluding diaryl/α,β-unsaturated/α-hetero) is 2. The zero-order valence-corrected chi connectivity index (χ0v) is 33.4. The van der Waals surface area contributed by atoms with E-state index in [1.54, 1.807) is 11.9 Å². The number of hydrogen-bond donors (Lipinski definition) is 1. The number of likely N-dealkylation sites (N-methyl/N-ethyl adjacent to an activating group) is 1. The Balaban J connectivity index is 1.86. The maximum atomic E-state index is 14.2. The summed E-state index contributed by atoms with van der Waals surface area (Å²) in [7, 11) is 1.75. The van der Waals surface area contributed by atoms with Crippen molar-refractivity contribution in [1.82, 2.24) is 9.96 Å². The van der Waals surface area contributed by atoms with Crippen molar-refractivity contribution < 1.29 is 29.1 Å². The van der Waals surface area contributed by atoms with Gasteiger partial charge >= 0.3 is 11.9 Å². The molecule has 2 heterocycles. The highest BCUT2D eigenvalue weighted by Gasteiger charge is 2.62. The van der Waals surface area contributed by atoms with Crippen molar-refractivity contribution in [3.63, 3.8) is 0 Å². The first-order chi connectivity index (χ1) is 24.8. The van der Waals surface area contributed by atoms with Gasteiger partial charge in [0, 0.05) is 25.9 Å². The van der Waals surface area contributed by atoms with Crippen molar-refractivity contribution >= 4 is 23.5 Å². The van der Waals surface area contributed by atoms with Crippen LogP contribution >= 0.6 is 0 Å². The number of carboxylic acid groups (broad SMARTS) is 1. The van der Waals surface area contributed by atoms with Gasteiger partial charge in [0.1, 0.15) is 11.8 Å². The fourth-order valence-corrected chi connectivity index (χ4v) is 8.44. The number of aliphatic carboxylic acids is 1. The Morgan fingerprint density at radius 2 is 1.00 bits per heavy atom. The van der Waals surface area contributed by atoms with Crippen LogP contribution in [-0.2, 0) is 24.0 Å². The minimum Gasteiger partial charge on any atom is -0.480 e. The molecule has 8 nitrogen and oxygen atoms in total. The van der Waals surface area contributed by atoms with Crippen LogP contribution in [0.25, 0.3) is 0 Å². The van der Waals surface area contributed by atoms with Gasteiger partial charge in [-0.25, -0.2) is 4.79 Å². The molecule has 2 rings (SSSR count). The number of carbonyl (C=O) groups excluding carboxylic acids is 3. The third-order valence-electron chi connectivity index (χ3n) is 11.7. The lowest BCUT2D eigenvalue weighted by Crippen LogP contribution is -2.62. The summed E-state index contributed by atoms with van der Waals surface area (Å²) in [6, 6.07) is -0.922. The van der Waals surface area contributed by atoms with E-state index in [0.29, 0.717) is 45.2 Å². The van der Waals surface area contributed by atoms with E-state index in [1.165, 1.54) is 127 Å². The van der Waals surface area contributed by atoms with Crippen molar-refractivity contribution in [3.8, 4) is 0 Å². The number of nitrogens with zero attached hydrogens (tertiary/aromatic N) is 2. The number of carboxylic acids is 1. The zero-order chi connectivity index (χ0) is 37.2. The Hall–Kier alpha value is -1.80. The van der Waals surface area contributed by atoms with Gasteiger partial charge in [-0.1, -0.05) is 168 Å². The molecule has 0 bridgehead atoms. The van der Waals surface area contributed by atoms with Crippen LogP contribution in [0, 0.1) is 5.92 Å². The van der Waals surface area contributed by atoms with E-state index < -0.39 is 29.4 Å². The highest BCUT2D eigenvalue weighted by molar-refractivity contribution is 6.13. The Morgan fingerprint density at radius 3 is 1.43 bits per heavy atom. The third kappa shape index (κ3) is 16.4. The molecule has 0 spiro atoms. The van der Waals surface area contributed by atoms with E-state index in [9.17, 15) is 24.3 Å². The molecule has 2 saturated heterocycles. The van der Waals surface area contributed by atoms with Crippen LogP contribution in [0.4, 0.5) is 0 Å². The van der Waals surface area contributed by atoms with Gasteiger partial charge in [-0.15, -0.1) is 5.06 Å². The lowest BCUT2D eigenvalue weighted by molar-refractivity contribution is -0.211. The quantitative estimate of drug-likeness (QED) is 0.0528. The minimum absolute atomic E-state index is 0.0331. The van der Waals surface area contributed by atoms with Crippen LogP contribution in [-0.4, -0.2) is 70.3 Å². The highest BCUT2D eigenvalue weighted by atomic mass is 16.7. The van der Waals surface area contributed by atoms with Crippen molar-refractivity contribution in [1.29, 1.82) is 0 Å². The van der Waals surface area contributed by atoms with Gasteiger partial charge in [0.2, 0.25) is 0 Å². The maximum Gasteiger partial charge on any atom is 0.353 e. The number of unbranched alkanes of at least 4 members (excludes halogenated alkanes) is 24. The van der Waals surface area contributed by atoms with Gasteiger partial charge in [0.15, 0.2) is 11.3 Å². The maximum absolute atomic E-state index is 14.2. The molecule has 0 radical (unpaired) electrons.